The fourth-order valence-corrected chi connectivity index (χ4v) is 3.05. The summed E-state index contributed by atoms with van der Waals surface area (Å²) in [6.45, 7) is 0.731. The van der Waals surface area contributed by atoms with Gasteiger partial charge in [-0.1, -0.05) is 24.3 Å². The summed E-state index contributed by atoms with van der Waals surface area (Å²) in [5.41, 5.74) is 5.99. The van der Waals surface area contributed by atoms with Crippen molar-refractivity contribution in [1.29, 1.82) is 0 Å². The van der Waals surface area contributed by atoms with Crippen LogP contribution in [-0.4, -0.2) is 6.61 Å². The minimum absolute atomic E-state index is 0.0750. The second-order valence-electron chi connectivity index (χ2n) is 5.10. The van der Waals surface area contributed by atoms with Crippen molar-refractivity contribution in [2.24, 2.45) is 5.84 Å². The lowest BCUT2D eigenvalue weighted by Crippen LogP contribution is -2.29. The first-order chi connectivity index (χ1) is 10.2. The fourth-order valence-electron chi connectivity index (χ4n) is 2.62. The minimum atomic E-state index is -0.259. The fraction of sp³-hybridized carbons (Fsp3) is 0.250. The Morgan fingerprint density at radius 2 is 2.19 bits per heavy atom. The van der Waals surface area contributed by atoms with Crippen LogP contribution in [0.4, 0.5) is 4.39 Å². The second-order valence-corrected chi connectivity index (χ2v) is 5.89. The van der Waals surface area contributed by atoms with Gasteiger partial charge in [0, 0.05) is 6.42 Å². The molecule has 0 bridgehead atoms. The third-order valence-electron chi connectivity index (χ3n) is 3.77. The lowest BCUT2D eigenvalue weighted by Gasteiger charge is -2.18. The van der Waals surface area contributed by atoms with Gasteiger partial charge in [0.05, 0.1) is 17.1 Å². The highest BCUT2D eigenvalue weighted by atomic mass is 79.9. The summed E-state index contributed by atoms with van der Waals surface area (Å²) in [4.78, 5) is 0. The lowest BCUT2D eigenvalue weighted by molar-refractivity contribution is 0.356. The summed E-state index contributed by atoms with van der Waals surface area (Å²) < 4.78 is 19.6. The van der Waals surface area contributed by atoms with E-state index in [0.717, 1.165) is 29.9 Å². The SMILES string of the molecule is NNC(Cc1cccc(F)c1Br)c1ccc2c(c1)CCO2. The van der Waals surface area contributed by atoms with E-state index in [2.05, 4.69) is 27.4 Å². The van der Waals surface area contributed by atoms with Crippen LogP contribution < -0.4 is 16.0 Å². The zero-order valence-electron chi connectivity index (χ0n) is 11.4. The molecule has 0 aromatic heterocycles. The molecule has 1 atom stereocenters. The first-order valence-corrected chi connectivity index (χ1v) is 7.63. The summed E-state index contributed by atoms with van der Waals surface area (Å²) in [7, 11) is 0. The van der Waals surface area contributed by atoms with E-state index in [9.17, 15) is 4.39 Å². The third-order valence-corrected chi connectivity index (χ3v) is 4.66. The molecule has 3 nitrogen and oxygen atoms in total. The van der Waals surface area contributed by atoms with Gasteiger partial charge in [-0.15, -0.1) is 0 Å². The Hall–Kier alpha value is -1.43. The Labute approximate surface area is 131 Å². The van der Waals surface area contributed by atoms with E-state index in [4.69, 9.17) is 10.6 Å². The van der Waals surface area contributed by atoms with E-state index < -0.39 is 0 Å². The van der Waals surface area contributed by atoms with E-state index in [-0.39, 0.29) is 11.9 Å². The standard InChI is InChI=1S/C16H16BrFN2O/c17-16-12(2-1-3-13(16)18)9-14(20-19)10-4-5-15-11(8-10)6-7-21-15/h1-5,8,14,20H,6-7,9,19H2. The highest BCUT2D eigenvalue weighted by Crippen LogP contribution is 2.30. The normalized spacial score (nSPS) is 14.6. The highest BCUT2D eigenvalue weighted by Gasteiger charge is 2.18. The number of hydrazine groups is 1. The number of hydrogen-bond acceptors (Lipinski definition) is 3. The molecule has 2 aromatic carbocycles. The summed E-state index contributed by atoms with van der Waals surface area (Å²) in [5.74, 6) is 6.38. The van der Waals surface area contributed by atoms with Crippen LogP contribution in [0.25, 0.3) is 0 Å². The van der Waals surface area contributed by atoms with Crippen molar-refractivity contribution in [2.45, 2.75) is 18.9 Å². The van der Waals surface area contributed by atoms with Crippen molar-refractivity contribution in [1.82, 2.24) is 5.43 Å². The third kappa shape index (κ3) is 2.95. The predicted octanol–water partition coefficient (Wildman–Crippen LogP) is 3.27. The van der Waals surface area contributed by atoms with Crippen molar-refractivity contribution >= 4 is 15.9 Å². The first-order valence-electron chi connectivity index (χ1n) is 6.83. The predicted molar refractivity (Wildman–Crippen MR) is 83.5 cm³/mol. The summed E-state index contributed by atoms with van der Waals surface area (Å²) in [6.07, 6.45) is 1.53. The molecule has 1 aliphatic rings. The number of fused-ring (bicyclic) bond motifs is 1. The topological polar surface area (TPSA) is 47.3 Å². The van der Waals surface area contributed by atoms with Gasteiger partial charge in [-0.2, -0.15) is 0 Å². The number of rotatable bonds is 4. The molecule has 0 spiro atoms. The van der Waals surface area contributed by atoms with E-state index in [0.29, 0.717) is 10.9 Å². The molecule has 0 saturated heterocycles. The van der Waals surface area contributed by atoms with E-state index >= 15 is 0 Å². The van der Waals surface area contributed by atoms with Crippen LogP contribution >= 0.6 is 15.9 Å². The molecule has 1 aliphatic heterocycles. The molecule has 3 N–H and O–H groups in total. The largest absolute Gasteiger partial charge is 0.493 e. The molecule has 1 unspecified atom stereocenters. The quantitative estimate of drug-likeness (QED) is 0.657. The van der Waals surface area contributed by atoms with E-state index in [1.807, 2.05) is 18.2 Å². The highest BCUT2D eigenvalue weighted by molar-refractivity contribution is 9.10. The zero-order chi connectivity index (χ0) is 14.8. The Kier molecular flexibility index (Phi) is 4.24. The Morgan fingerprint density at radius 3 is 3.00 bits per heavy atom. The van der Waals surface area contributed by atoms with Gasteiger partial charge in [0.25, 0.3) is 0 Å². The first kappa shape index (κ1) is 14.5. The number of ether oxygens (including phenoxy) is 1. The molecule has 0 amide bonds. The minimum Gasteiger partial charge on any atom is -0.493 e. The maximum atomic E-state index is 13.6. The molecular weight excluding hydrogens is 335 g/mol. The van der Waals surface area contributed by atoms with Crippen LogP contribution in [-0.2, 0) is 12.8 Å². The average Bonchev–Trinajstić information content (AvgIpc) is 2.96. The molecule has 3 rings (SSSR count). The van der Waals surface area contributed by atoms with E-state index in [1.54, 1.807) is 6.07 Å². The van der Waals surface area contributed by atoms with Gasteiger partial charge in [-0.05, 0) is 51.2 Å². The number of nitrogens with two attached hydrogens (primary N) is 1. The molecule has 21 heavy (non-hydrogen) atoms. The summed E-state index contributed by atoms with van der Waals surface area (Å²) in [6, 6.07) is 11.1. The monoisotopic (exact) mass is 350 g/mol. The maximum absolute atomic E-state index is 13.6. The zero-order valence-corrected chi connectivity index (χ0v) is 13.0. The number of nitrogens with one attached hydrogen (secondary N) is 1. The van der Waals surface area contributed by atoms with Gasteiger partial charge in [-0.25, -0.2) is 4.39 Å². The van der Waals surface area contributed by atoms with Crippen molar-refractivity contribution in [3.05, 3.63) is 63.4 Å². The Morgan fingerprint density at radius 1 is 1.33 bits per heavy atom. The maximum Gasteiger partial charge on any atom is 0.137 e. The van der Waals surface area contributed by atoms with Crippen molar-refractivity contribution in [2.75, 3.05) is 6.61 Å². The lowest BCUT2D eigenvalue weighted by atomic mass is 9.97. The molecule has 2 aromatic rings. The number of benzene rings is 2. The van der Waals surface area contributed by atoms with Crippen LogP contribution in [0.5, 0.6) is 5.75 Å². The Bertz CT molecular complexity index is 663. The van der Waals surface area contributed by atoms with Gasteiger partial charge in [0.1, 0.15) is 11.6 Å². The molecule has 5 heteroatoms. The van der Waals surface area contributed by atoms with Crippen LogP contribution in [0.2, 0.25) is 0 Å². The molecule has 0 saturated carbocycles. The molecule has 110 valence electrons. The van der Waals surface area contributed by atoms with Gasteiger partial charge in [-0.3, -0.25) is 11.3 Å². The van der Waals surface area contributed by atoms with Crippen LogP contribution in [0.1, 0.15) is 22.7 Å². The number of halogens is 2. The van der Waals surface area contributed by atoms with Gasteiger partial charge in [0.2, 0.25) is 0 Å². The van der Waals surface area contributed by atoms with Crippen LogP contribution in [0, 0.1) is 5.82 Å². The summed E-state index contributed by atoms with van der Waals surface area (Å²) in [5, 5.41) is 0. The van der Waals surface area contributed by atoms with Gasteiger partial charge >= 0.3 is 0 Å². The van der Waals surface area contributed by atoms with Crippen molar-refractivity contribution in [3.8, 4) is 5.75 Å². The van der Waals surface area contributed by atoms with Crippen molar-refractivity contribution < 1.29 is 9.13 Å². The average molecular weight is 351 g/mol. The molecule has 0 fully saturated rings. The van der Waals surface area contributed by atoms with Crippen LogP contribution in [0.15, 0.2) is 40.9 Å². The molecular formula is C16H16BrFN2O. The molecule has 0 aliphatic carbocycles. The molecule has 1 heterocycles. The second kappa shape index (κ2) is 6.13. The van der Waals surface area contributed by atoms with E-state index in [1.165, 1.54) is 11.6 Å². The summed E-state index contributed by atoms with van der Waals surface area (Å²) >= 11 is 3.30. The van der Waals surface area contributed by atoms with Gasteiger partial charge < -0.3 is 4.74 Å². The van der Waals surface area contributed by atoms with Crippen molar-refractivity contribution in [3.63, 3.8) is 0 Å². The number of hydrogen-bond donors (Lipinski definition) is 2. The Balaban J connectivity index is 1.87. The smallest absolute Gasteiger partial charge is 0.137 e. The van der Waals surface area contributed by atoms with Crippen LogP contribution in [0.3, 0.4) is 0 Å². The molecule has 0 radical (unpaired) electrons. The van der Waals surface area contributed by atoms with Gasteiger partial charge in [0.15, 0.2) is 0 Å².